The Bertz CT molecular complexity index is 529. The first kappa shape index (κ1) is 12.1. The van der Waals surface area contributed by atoms with Gasteiger partial charge in [0.1, 0.15) is 11.9 Å². The number of halogens is 1. The van der Waals surface area contributed by atoms with Crippen LogP contribution >= 0.6 is 0 Å². The van der Waals surface area contributed by atoms with Gasteiger partial charge in [-0.05, 0) is 17.7 Å². The zero-order valence-electron chi connectivity index (χ0n) is 9.57. The fourth-order valence-corrected chi connectivity index (χ4v) is 1.63. The van der Waals surface area contributed by atoms with Crippen LogP contribution in [0.25, 0.3) is 0 Å². The number of nitriles is 1. The van der Waals surface area contributed by atoms with E-state index in [4.69, 9.17) is 10.00 Å². The molecule has 1 heterocycles. The van der Waals surface area contributed by atoms with Crippen LogP contribution in [0.2, 0.25) is 0 Å². The second-order valence-corrected chi connectivity index (χ2v) is 3.87. The molecule has 0 spiro atoms. The molecular weight excluding hydrogens is 235 g/mol. The maximum Gasteiger partial charge on any atom is 0.231 e. The lowest BCUT2D eigenvalue weighted by molar-refractivity contribution is -0.120. The zero-order chi connectivity index (χ0) is 13.0. The number of nitrogens with one attached hydrogen (secondary N) is 1. The fraction of sp³-hybridized carbons (Fsp3) is 0.231. The van der Waals surface area contributed by atoms with Gasteiger partial charge in [-0.3, -0.25) is 10.1 Å². The van der Waals surface area contributed by atoms with E-state index in [2.05, 4.69) is 5.32 Å². The minimum Gasteiger partial charge on any atom is -0.478 e. The summed E-state index contributed by atoms with van der Waals surface area (Å²) < 4.78 is 17.8. The zero-order valence-corrected chi connectivity index (χ0v) is 9.57. The highest BCUT2D eigenvalue weighted by Gasteiger charge is 2.18. The number of carbonyl (C=O) groups excluding carboxylic acids is 1. The number of hydrogen-bond donors (Lipinski definition) is 1. The Kier molecular flexibility index (Phi) is 3.58. The molecule has 0 radical (unpaired) electrons. The summed E-state index contributed by atoms with van der Waals surface area (Å²) in [5.74, 6) is -0.386. The fourth-order valence-electron chi connectivity index (χ4n) is 1.63. The monoisotopic (exact) mass is 246 g/mol. The van der Waals surface area contributed by atoms with Crippen molar-refractivity contribution in [3.63, 3.8) is 0 Å². The molecule has 0 fully saturated rings. The van der Waals surface area contributed by atoms with E-state index < -0.39 is 0 Å². The first-order chi connectivity index (χ1) is 8.69. The lowest BCUT2D eigenvalue weighted by atomic mass is 10.1. The summed E-state index contributed by atoms with van der Waals surface area (Å²) in [4.78, 5) is 11.7. The smallest absolute Gasteiger partial charge is 0.231 e. The molecule has 0 atom stereocenters. The molecule has 0 aromatic heterocycles. The van der Waals surface area contributed by atoms with Gasteiger partial charge in [-0.25, -0.2) is 4.39 Å². The predicted octanol–water partition coefficient (Wildman–Crippen LogP) is 1.64. The molecule has 18 heavy (non-hydrogen) atoms. The van der Waals surface area contributed by atoms with Crippen LogP contribution in [0.5, 0.6) is 0 Å². The normalized spacial score (nSPS) is 14.0. The molecule has 5 heteroatoms. The van der Waals surface area contributed by atoms with Crippen LogP contribution in [0.15, 0.2) is 35.7 Å². The van der Waals surface area contributed by atoms with E-state index in [0.717, 1.165) is 0 Å². The number of amides is 1. The summed E-state index contributed by atoms with van der Waals surface area (Å²) in [6, 6.07) is 7.67. The number of rotatable bonds is 3. The van der Waals surface area contributed by atoms with Crippen molar-refractivity contribution in [3.8, 4) is 6.07 Å². The highest BCUT2D eigenvalue weighted by molar-refractivity contribution is 5.80. The summed E-state index contributed by atoms with van der Waals surface area (Å²) in [6.07, 6.45) is 0.633. The first-order valence-corrected chi connectivity index (χ1v) is 5.49. The van der Waals surface area contributed by atoms with Gasteiger partial charge in [-0.15, -0.1) is 0 Å². The predicted molar refractivity (Wildman–Crippen MR) is 61.5 cm³/mol. The van der Waals surface area contributed by atoms with Crippen molar-refractivity contribution >= 4 is 5.91 Å². The molecule has 1 amide bonds. The summed E-state index contributed by atoms with van der Waals surface area (Å²) in [7, 11) is 0. The van der Waals surface area contributed by atoms with E-state index >= 15 is 0 Å². The average molecular weight is 246 g/mol. The van der Waals surface area contributed by atoms with Gasteiger partial charge in [-0.2, -0.15) is 5.26 Å². The van der Waals surface area contributed by atoms with Crippen molar-refractivity contribution in [2.75, 3.05) is 6.61 Å². The first-order valence-electron chi connectivity index (χ1n) is 5.49. The van der Waals surface area contributed by atoms with Crippen LogP contribution in [-0.4, -0.2) is 12.5 Å². The van der Waals surface area contributed by atoms with Crippen LogP contribution < -0.4 is 5.32 Å². The van der Waals surface area contributed by atoms with Crippen molar-refractivity contribution in [2.45, 2.75) is 12.8 Å². The van der Waals surface area contributed by atoms with E-state index in [0.29, 0.717) is 24.2 Å². The van der Waals surface area contributed by atoms with Crippen molar-refractivity contribution in [3.05, 3.63) is 47.1 Å². The van der Waals surface area contributed by atoms with Crippen LogP contribution in [0.1, 0.15) is 12.0 Å². The summed E-state index contributed by atoms with van der Waals surface area (Å²) in [5, 5.41) is 11.3. The summed E-state index contributed by atoms with van der Waals surface area (Å²) >= 11 is 0. The number of ether oxygens (including phenoxy) is 1. The average Bonchev–Trinajstić information content (AvgIpc) is 2.79. The van der Waals surface area contributed by atoms with Crippen molar-refractivity contribution < 1.29 is 13.9 Å². The van der Waals surface area contributed by atoms with Gasteiger partial charge in [-0.1, -0.05) is 12.1 Å². The van der Waals surface area contributed by atoms with Crippen molar-refractivity contribution in [1.82, 2.24) is 5.32 Å². The highest BCUT2D eigenvalue weighted by Crippen LogP contribution is 2.15. The number of carbonyl (C=O) groups is 1. The third-order valence-corrected chi connectivity index (χ3v) is 2.54. The van der Waals surface area contributed by atoms with Crippen LogP contribution in [0.4, 0.5) is 4.39 Å². The van der Waals surface area contributed by atoms with Crippen molar-refractivity contribution in [1.29, 1.82) is 5.26 Å². The maximum atomic E-state index is 12.7. The molecule has 2 rings (SSSR count). The van der Waals surface area contributed by atoms with Gasteiger partial charge in [0, 0.05) is 6.42 Å². The topological polar surface area (TPSA) is 62.1 Å². The lowest BCUT2D eigenvalue weighted by Gasteiger charge is -2.06. The Morgan fingerprint density at radius 1 is 1.44 bits per heavy atom. The Balaban J connectivity index is 1.97. The van der Waals surface area contributed by atoms with E-state index in [1.165, 1.54) is 12.1 Å². The SMILES string of the molecule is N#CC1=C(NC(=O)Cc2ccc(F)cc2)OCC1. The number of hydrogen-bond acceptors (Lipinski definition) is 3. The molecular formula is C13H11FN2O2. The van der Waals surface area contributed by atoms with E-state index in [9.17, 15) is 9.18 Å². The van der Waals surface area contributed by atoms with Gasteiger partial charge in [0.2, 0.25) is 11.8 Å². The molecule has 0 bridgehead atoms. The van der Waals surface area contributed by atoms with Gasteiger partial charge in [0.05, 0.1) is 18.6 Å². The number of benzene rings is 1. The molecule has 1 aliphatic heterocycles. The largest absolute Gasteiger partial charge is 0.478 e. The molecule has 1 aromatic rings. The highest BCUT2D eigenvalue weighted by atomic mass is 19.1. The molecule has 92 valence electrons. The summed E-state index contributed by atoms with van der Waals surface area (Å²) in [6.45, 7) is 0.412. The molecule has 1 aliphatic rings. The Morgan fingerprint density at radius 2 is 2.17 bits per heavy atom. The van der Waals surface area contributed by atoms with E-state index in [1.807, 2.05) is 6.07 Å². The third kappa shape index (κ3) is 2.86. The maximum absolute atomic E-state index is 12.7. The second-order valence-electron chi connectivity index (χ2n) is 3.87. The summed E-state index contributed by atoms with van der Waals surface area (Å²) in [5.41, 5.74) is 1.15. The molecule has 1 N–H and O–H groups in total. The van der Waals surface area contributed by atoms with E-state index in [-0.39, 0.29) is 24.0 Å². The minimum absolute atomic E-state index is 0.117. The van der Waals surface area contributed by atoms with Gasteiger partial charge >= 0.3 is 0 Å². The Morgan fingerprint density at radius 3 is 2.83 bits per heavy atom. The van der Waals surface area contributed by atoms with E-state index in [1.54, 1.807) is 12.1 Å². The molecule has 0 saturated heterocycles. The third-order valence-electron chi connectivity index (χ3n) is 2.54. The molecule has 0 unspecified atom stereocenters. The van der Waals surface area contributed by atoms with Crippen LogP contribution in [0, 0.1) is 17.1 Å². The quantitative estimate of drug-likeness (QED) is 0.881. The van der Waals surface area contributed by atoms with Gasteiger partial charge < -0.3 is 4.74 Å². The minimum atomic E-state index is -0.340. The Labute approximate surface area is 104 Å². The van der Waals surface area contributed by atoms with Gasteiger partial charge in [0.15, 0.2) is 0 Å². The second kappa shape index (κ2) is 5.32. The van der Waals surface area contributed by atoms with Crippen molar-refractivity contribution in [2.24, 2.45) is 0 Å². The van der Waals surface area contributed by atoms with Gasteiger partial charge in [0.25, 0.3) is 0 Å². The van der Waals surface area contributed by atoms with Crippen LogP contribution in [0.3, 0.4) is 0 Å². The molecule has 1 aromatic carbocycles. The lowest BCUT2D eigenvalue weighted by Crippen LogP contribution is -2.25. The molecule has 4 nitrogen and oxygen atoms in total. The standard InChI is InChI=1S/C13H11FN2O2/c14-11-3-1-9(2-4-11)7-12(17)16-13-10(8-15)5-6-18-13/h1-4H,5-7H2,(H,16,17). The number of nitrogens with zero attached hydrogens (tertiary/aromatic N) is 1. The Hall–Kier alpha value is -2.35. The molecule has 0 saturated carbocycles. The van der Waals surface area contributed by atoms with Crippen LogP contribution in [-0.2, 0) is 16.0 Å². The molecule has 0 aliphatic carbocycles.